The van der Waals surface area contributed by atoms with Crippen LogP contribution < -0.4 is 5.32 Å². The van der Waals surface area contributed by atoms with E-state index in [0.29, 0.717) is 18.7 Å². The van der Waals surface area contributed by atoms with Gasteiger partial charge in [-0.1, -0.05) is 25.5 Å². The van der Waals surface area contributed by atoms with Crippen molar-refractivity contribution in [1.29, 1.82) is 0 Å². The van der Waals surface area contributed by atoms with Crippen molar-refractivity contribution >= 4 is 5.91 Å². The van der Waals surface area contributed by atoms with Crippen LogP contribution in [0.3, 0.4) is 0 Å². The topological polar surface area (TPSA) is 52.6 Å². The van der Waals surface area contributed by atoms with E-state index in [1.807, 2.05) is 4.90 Å². The summed E-state index contributed by atoms with van der Waals surface area (Å²) in [6, 6.07) is 4.95. The first-order valence-corrected chi connectivity index (χ1v) is 7.41. The van der Waals surface area contributed by atoms with Crippen LogP contribution in [0.5, 0.6) is 0 Å². The zero-order chi connectivity index (χ0) is 15.7. The lowest BCUT2D eigenvalue weighted by atomic mass is 10.1. The van der Waals surface area contributed by atoms with Gasteiger partial charge >= 0.3 is 0 Å². The first-order valence-electron chi connectivity index (χ1n) is 7.41. The molecule has 0 saturated carbocycles. The molecular formula is C16H25FN2O2. The average molecular weight is 296 g/mol. The van der Waals surface area contributed by atoms with E-state index in [1.54, 1.807) is 19.1 Å². The van der Waals surface area contributed by atoms with Gasteiger partial charge in [-0.2, -0.15) is 0 Å². The van der Waals surface area contributed by atoms with Gasteiger partial charge in [-0.05, 0) is 37.1 Å². The number of halogens is 1. The minimum absolute atomic E-state index is 0.0418. The molecule has 0 aliphatic rings. The maximum Gasteiger partial charge on any atom is 0.234 e. The van der Waals surface area contributed by atoms with Crippen molar-refractivity contribution in [2.45, 2.75) is 33.2 Å². The number of benzene rings is 1. The zero-order valence-electron chi connectivity index (χ0n) is 12.9. The molecule has 5 heteroatoms. The van der Waals surface area contributed by atoms with E-state index in [0.717, 1.165) is 24.9 Å². The molecule has 0 unspecified atom stereocenters. The van der Waals surface area contributed by atoms with Crippen molar-refractivity contribution in [2.75, 3.05) is 26.2 Å². The van der Waals surface area contributed by atoms with Gasteiger partial charge in [0.25, 0.3) is 0 Å². The summed E-state index contributed by atoms with van der Waals surface area (Å²) in [4.78, 5) is 13.8. The van der Waals surface area contributed by atoms with Crippen LogP contribution in [0.4, 0.5) is 4.39 Å². The molecule has 0 saturated heterocycles. The number of hydrogen-bond donors (Lipinski definition) is 2. The van der Waals surface area contributed by atoms with Gasteiger partial charge in [0, 0.05) is 13.1 Å². The summed E-state index contributed by atoms with van der Waals surface area (Å²) in [7, 11) is 0. The van der Waals surface area contributed by atoms with Gasteiger partial charge in [0.2, 0.25) is 5.91 Å². The van der Waals surface area contributed by atoms with Crippen LogP contribution >= 0.6 is 0 Å². The number of carbonyl (C=O) groups excluding carboxylic acids is 1. The first kappa shape index (κ1) is 17.6. The second kappa shape index (κ2) is 9.47. The molecule has 1 aromatic carbocycles. The average Bonchev–Trinajstić information content (AvgIpc) is 2.46. The van der Waals surface area contributed by atoms with Crippen molar-refractivity contribution in [3.8, 4) is 0 Å². The van der Waals surface area contributed by atoms with Crippen LogP contribution in [0.1, 0.15) is 30.9 Å². The maximum atomic E-state index is 13.4. The number of carbonyl (C=O) groups is 1. The molecule has 0 heterocycles. The molecule has 1 amide bonds. The molecule has 1 rings (SSSR count). The summed E-state index contributed by atoms with van der Waals surface area (Å²) in [6.07, 6.45) is 2.04. The SMILES string of the molecule is CCCCN(CCO)CC(=O)NCc1ccc(C)c(F)c1. The molecule has 1 aromatic rings. The molecule has 118 valence electrons. The summed E-state index contributed by atoms with van der Waals surface area (Å²) in [6.45, 7) is 5.70. The Balaban J connectivity index is 2.42. The zero-order valence-corrected chi connectivity index (χ0v) is 12.9. The summed E-state index contributed by atoms with van der Waals surface area (Å²) >= 11 is 0. The largest absolute Gasteiger partial charge is 0.395 e. The van der Waals surface area contributed by atoms with Gasteiger partial charge in [-0.15, -0.1) is 0 Å². The second-order valence-corrected chi connectivity index (χ2v) is 5.21. The van der Waals surface area contributed by atoms with E-state index in [-0.39, 0.29) is 24.9 Å². The molecule has 0 aliphatic heterocycles. The Morgan fingerprint density at radius 2 is 2.14 bits per heavy atom. The summed E-state index contributed by atoms with van der Waals surface area (Å²) in [5, 5.41) is 11.8. The Labute approximate surface area is 126 Å². The molecule has 4 nitrogen and oxygen atoms in total. The third kappa shape index (κ3) is 6.69. The van der Waals surface area contributed by atoms with Gasteiger partial charge in [-0.25, -0.2) is 4.39 Å². The number of aliphatic hydroxyl groups excluding tert-OH is 1. The molecule has 0 aliphatic carbocycles. The van der Waals surface area contributed by atoms with Crippen molar-refractivity contribution in [3.05, 3.63) is 35.1 Å². The molecule has 0 spiro atoms. The highest BCUT2D eigenvalue weighted by Gasteiger charge is 2.10. The van der Waals surface area contributed by atoms with Gasteiger partial charge in [0.15, 0.2) is 0 Å². The number of amides is 1. The van der Waals surface area contributed by atoms with E-state index in [1.165, 1.54) is 6.07 Å². The van der Waals surface area contributed by atoms with Crippen LogP contribution in [-0.2, 0) is 11.3 Å². The predicted molar refractivity (Wildman–Crippen MR) is 81.4 cm³/mol. The lowest BCUT2D eigenvalue weighted by molar-refractivity contribution is -0.122. The molecular weight excluding hydrogens is 271 g/mol. The highest BCUT2D eigenvalue weighted by atomic mass is 19.1. The van der Waals surface area contributed by atoms with Gasteiger partial charge in [0.05, 0.1) is 13.2 Å². The van der Waals surface area contributed by atoms with Crippen molar-refractivity contribution in [3.63, 3.8) is 0 Å². The Morgan fingerprint density at radius 1 is 1.38 bits per heavy atom. The number of aliphatic hydroxyl groups is 1. The first-order chi connectivity index (χ1) is 10.1. The van der Waals surface area contributed by atoms with Crippen LogP contribution in [-0.4, -0.2) is 42.2 Å². The minimum atomic E-state index is -0.258. The van der Waals surface area contributed by atoms with Crippen molar-refractivity contribution < 1.29 is 14.3 Å². The molecule has 21 heavy (non-hydrogen) atoms. The fourth-order valence-corrected chi connectivity index (χ4v) is 2.00. The van der Waals surface area contributed by atoms with Crippen LogP contribution in [0, 0.1) is 12.7 Å². The molecule has 0 bridgehead atoms. The van der Waals surface area contributed by atoms with E-state index >= 15 is 0 Å². The summed E-state index contributed by atoms with van der Waals surface area (Å²) in [5.74, 6) is -0.368. The second-order valence-electron chi connectivity index (χ2n) is 5.21. The molecule has 0 atom stereocenters. The Morgan fingerprint density at radius 3 is 2.76 bits per heavy atom. The van der Waals surface area contributed by atoms with Gasteiger partial charge in [0.1, 0.15) is 5.82 Å². The quantitative estimate of drug-likeness (QED) is 0.731. The number of nitrogens with one attached hydrogen (secondary N) is 1. The molecule has 2 N–H and O–H groups in total. The lowest BCUT2D eigenvalue weighted by Crippen LogP contribution is -2.38. The number of nitrogens with zero attached hydrogens (tertiary/aromatic N) is 1. The molecule has 0 aromatic heterocycles. The normalized spacial score (nSPS) is 10.9. The number of hydrogen-bond acceptors (Lipinski definition) is 3. The fraction of sp³-hybridized carbons (Fsp3) is 0.562. The van der Waals surface area contributed by atoms with Gasteiger partial charge < -0.3 is 10.4 Å². The van der Waals surface area contributed by atoms with Crippen LogP contribution in [0.2, 0.25) is 0 Å². The summed E-state index contributed by atoms with van der Waals surface area (Å²) < 4.78 is 13.4. The highest BCUT2D eigenvalue weighted by Crippen LogP contribution is 2.08. The third-order valence-electron chi connectivity index (χ3n) is 3.34. The Hall–Kier alpha value is -1.46. The molecule has 0 radical (unpaired) electrons. The fourth-order valence-electron chi connectivity index (χ4n) is 2.00. The maximum absolute atomic E-state index is 13.4. The number of rotatable bonds is 9. The Kier molecular flexibility index (Phi) is 7.93. The monoisotopic (exact) mass is 296 g/mol. The number of unbranched alkanes of at least 4 members (excludes halogenated alkanes) is 1. The van der Waals surface area contributed by atoms with Crippen LogP contribution in [0.15, 0.2) is 18.2 Å². The van der Waals surface area contributed by atoms with E-state index < -0.39 is 0 Å². The molecule has 0 fully saturated rings. The van der Waals surface area contributed by atoms with Crippen molar-refractivity contribution in [1.82, 2.24) is 10.2 Å². The summed E-state index contributed by atoms with van der Waals surface area (Å²) in [5.41, 5.74) is 1.34. The highest BCUT2D eigenvalue weighted by molar-refractivity contribution is 5.78. The van der Waals surface area contributed by atoms with E-state index in [9.17, 15) is 9.18 Å². The Bertz CT molecular complexity index is 452. The lowest BCUT2D eigenvalue weighted by Gasteiger charge is -2.20. The van der Waals surface area contributed by atoms with Gasteiger partial charge in [-0.3, -0.25) is 9.69 Å². The minimum Gasteiger partial charge on any atom is -0.395 e. The van der Waals surface area contributed by atoms with Crippen LogP contribution in [0.25, 0.3) is 0 Å². The predicted octanol–water partition coefficient (Wildman–Crippen LogP) is 1.84. The smallest absolute Gasteiger partial charge is 0.234 e. The standard InChI is InChI=1S/C16H25FN2O2/c1-3-4-7-19(8-9-20)12-16(21)18-11-14-6-5-13(2)15(17)10-14/h5-6,10,20H,3-4,7-9,11-12H2,1-2H3,(H,18,21). The van der Waals surface area contributed by atoms with E-state index in [4.69, 9.17) is 5.11 Å². The van der Waals surface area contributed by atoms with Crippen molar-refractivity contribution in [2.24, 2.45) is 0 Å². The third-order valence-corrected chi connectivity index (χ3v) is 3.34. The van der Waals surface area contributed by atoms with E-state index in [2.05, 4.69) is 12.2 Å². The number of aryl methyl sites for hydroxylation is 1.